The molecule has 1 aromatic heterocycles. The van der Waals surface area contributed by atoms with Gasteiger partial charge in [-0.25, -0.2) is 0 Å². The zero-order valence-corrected chi connectivity index (χ0v) is 10.1. The Morgan fingerprint density at radius 3 is 2.82 bits per heavy atom. The lowest BCUT2D eigenvalue weighted by atomic mass is 10.1. The van der Waals surface area contributed by atoms with E-state index in [1.54, 1.807) is 24.5 Å². The minimum absolute atomic E-state index is 0.163. The van der Waals surface area contributed by atoms with Gasteiger partial charge in [-0.15, -0.1) is 0 Å². The van der Waals surface area contributed by atoms with E-state index < -0.39 is 0 Å². The van der Waals surface area contributed by atoms with Crippen LogP contribution in [0.3, 0.4) is 0 Å². The molecule has 0 radical (unpaired) electrons. The van der Waals surface area contributed by atoms with Gasteiger partial charge >= 0.3 is 0 Å². The quantitative estimate of drug-likeness (QED) is 0.906. The first-order valence-electron chi connectivity index (χ1n) is 5.34. The van der Waals surface area contributed by atoms with Gasteiger partial charge in [-0.2, -0.15) is 0 Å². The van der Waals surface area contributed by atoms with Crippen LogP contribution in [0.2, 0.25) is 5.02 Å². The van der Waals surface area contributed by atoms with Crippen LogP contribution < -0.4 is 5.32 Å². The van der Waals surface area contributed by atoms with Crippen molar-refractivity contribution in [3.63, 3.8) is 0 Å². The molecule has 1 amide bonds. The van der Waals surface area contributed by atoms with E-state index >= 15 is 0 Å². The molecule has 0 saturated carbocycles. The Hall–Kier alpha value is -1.74. The Bertz CT molecular complexity index is 520. The lowest BCUT2D eigenvalue weighted by molar-refractivity contribution is 0.0956. The van der Waals surface area contributed by atoms with Crippen LogP contribution in [-0.4, -0.2) is 12.5 Å². The molecular formula is C13H12ClNO2. The van der Waals surface area contributed by atoms with Crippen molar-refractivity contribution in [3.8, 4) is 11.3 Å². The number of amides is 1. The highest BCUT2D eigenvalue weighted by Crippen LogP contribution is 2.25. The Morgan fingerprint density at radius 2 is 2.24 bits per heavy atom. The lowest BCUT2D eigenvalue weighted by Gasteiger charge is -2.05. The summed E-state index contributed by atoms with van der Waals surface area (Å²) in [6.07, 6.45) is 1.60. The van der Waals surface area contributed by atoms with Gasteiger partial charge in [0.1, 0.15) is 5.76 Å². The SMILES string of the molecule is CCNC(=O)c1ccc(-c2ccco2)cc1Cl. The van der Waals surface area contributed by atoms with E-state index in [1.165, 1.54) is 0 Å². The monoisotopic (exact) mass is 249 g/mol. The third-order valence-corrected chi connectivity index (χ3v) is 2.67. The van der Waals surface area contributed by atoms with Crippen LogP contribution in [0.15, 0.2) is 41.0 Å². The number of benzene rings is 1. The summed E-state index contributed by atoms with van der Waals surface area (Å²) in [5.74, 6) is 0.567. The Labute approximate surface area is 104 Å². The first-order chi connectivity index (χ1) is 8.22. The van der Waals surface area contributed by atoms with Crippen LogP contribution >= 0.6 is 11.6 Å². The molecule has 17 heavy (non-hydrogen) atoms. The first-order valence-corrected chi connectivity index (χ1v) is 5.71. The van der Waals surface area contributed by atoms with E-state index in [0.29, 0.717) is 17.1 Å². The fourth-order valence-electron chi connectivity index (χ4n) is 1.55. The highest BCUT2D eigenvalue weighted by Gasteiger charge is 2.11. The van der Waals surface area contributed by atoms with Crippen molar-refractivity contribution < 1.29 is 9.21 Å². The van der Waals surface area contributed by atoms with Crippen molar-refractivity contribution in [2.24, 2.45) is 0 Å². The molecule has 0 spiro atoms. The van der Waals surface area contributed by atoms with Crippen LogP contribution in [0.25, 0.3) is 11.3 Å². The molecule has 4 heteroatoms. The number of hydrogen-bond acceptors (Lipinski definition) is 2. The smallest absolute Gasteiger partial charge is 0.252 e. The summed E-state index contributed by atoms with van der Waals surface area (Å²) in [4.78, 5) is 11.6. The standard InChI is InChI=1S/C13H12ClNO2/c1-2-15-13(16)10-6-5-9(8-11(10)14)12-4-3-7-17-12/h3-8H,2H2,1H3,(H,15,16). The second kappa shape index (κ2) is 5.06. The summed E-state index contributed by atoms with van der Waals surface area (Å²) < 4.78 is 5.26. The maximum Gasteiger partial charge on any atom is 0.252 e. The summed E-state index contributed by atoms with van der Waals surface area (Å²) in [6.45, 7) is 2.44. The molecule has 1 aromatic carbocycles. The van der Waals surface area contributed by atoms with E-state index in [0.717, 1.165) is 11.3 Å². The van der Waals surface area contributed by atoms with Crippen LogP contribution in [0.1, 0.15) is 17.3 Å². The van der Waals surface area contributed by atoms with Gasteiger partial charge in [0.25, 0.3) is 5.91 Å². The van der Waals surface area contributed by atoms with Crippen LogP contribution in [-0.2, 0) is 0 Å². The topological polar surface area (TPSA) is 42.2 Å². The molecule has 88 valence electrons. The van der Waals surface area contributed by atoms with Gasteiger partial charge in [0.2, 0.25) is 0 Å². The number of rotatable bonds is 3. The summed E-state index contributed by atoms with van der Waals surface area (Å²) >= 11 is 6.07. The molecule has 0 bridgehead atoms. The average molecular weight is 250 g/mol. The highest BCUT2D eigenvalue weighted by molar-refractivity contribution is 6.34. The van der Waals surface area contributed by atoms with E-state index in [4.69, 9.17) is 16.0 Å². The van der Waals surface area contributed by atoms with Gasteiger partial charge in [-0.1, -0.05) is 17.7 Å². The number of carbonyl (C=O) groups is 1. The predicted molar refractivity (Wildman–Crippen MR) is 67.2 cm³/mol. The minimum Gasteiger partial charge on any atom is -0.464 e. The van der Waals surface area contributed by atoms with Crippen molar-refractivity contribution in [3.05, 3.63) is 47.2 Å². The van der Waals surface area contributed by atoms with Gasteiger partial charge < -0.3 is 9.73 Å². The van der Waals surface area contributed by atoms with Crippen molar-refractivity contribution >= 4 is 17.5 Å². The molecule has 0 saturated heterocycles. The van der Waals surface area contributed by atoms with Crippen molar-refractivity contribution in [2.45, 2.75) is 6.92 Å². The van der Waals surface area contributed by atoms with Gasteiger partial charge in [-0.05, 0) is 31.2 Å². The Balaban J connectivity index is 2.32. The zero-order valence-electron chi connectivity index (χ0n) is 9.37. The molecule has 0 unspecified atom stereocenters. The molecule has 1 heterocycles. The van der Waals surface area contributed by atoms with E-state index in [-0.39, 0.29) is 5.91 Å². The summed E-state index contributed by atoms with van der Waals surface area (Å²) in [5, 5.41) is 3.13. The normalized spacial score (nSPS) is 10.2. The highest BCUT2D eigenvalue weighted by atomic mass is 35.5. The molecule has 2 rings (SSSR count). The third-order valence-electron chi connectivity index (χ3n) is 2.36. The fourth-order valence-corrected chi connectivity index (χ4v) is 1.82. The largest absolute Gasteiger partial charge is 0.464 e. The van der Waals surface area contributed by atoms with Crippen LogP contribution in [0, 0.1) is 0 Å². The summed E-state index contributed by atoms with van der Waals surface area (Å²) in [7, 11) is 0. The number of halogens is 1. The molecule has 3 nitrogen and oxygen atoms in total. The second-order valence-corrected chi connectivity index (χ2v) is 3.94. The Kier molecular flexibility index (Phi) is 3.49. The van der Waals surface area contributed by atoms with Crippen molar-refractivity contribution in [1.82, 2.24) is 5.32 Å². The average Bonchev–Trinajstić information content (AvgIpc) is 2.82. The van der Waals surface area contributed by atoms with Crippen LogP contribution in [0.4, 0.5) is 0 Å². The van der Waals surface area contributed by atoms with Gasteiger partial charge in [-0.3, -0.25) is 4.79 Å². The molecule has 0 atom stereocenters. The summed E-state index contributed by atoms with van der Waals surface area (Å²) in [6, 6.07) is 8.89. The molecular weight excluding hydrogens is 238 g/mol. The van der Waals surface area contributed by atoms with Gasteiger partial charge in [0.05, 0.1) is 16.8 Å². The Morgan fingerprint density at radius 1 is 1.41 bits per heavy atom. The maximum atomic E-state index is 11.6. The number of nitrogens with one attached hydrogen (secondary N) is 1. The number of furan rings is 1. The van der Waals surface area contributed by atoms with Crippen molar-refractivity contribution in [2.75, 3.05) is 6.54 Å². The maximum absolute atomic E-state index is 11.6. The minimum atomic E-state index is -0.163. The second-order valence-electron chi connectivity index (χ2n) is 3.53. The van der Waals surface area contributed by atoms with Gasteiger partial charge in [0.15, 0.2) is 0 Å². The third kappa shape index (κ3) is 2.50. The van der Waals surface area contributed by atoms with E-state index in [2.05, 4.69) is 5.32 Å². The van der Waals surface area contributed by atoms with Crippen LogP contribution in [0.5, 0.6) is 0 Å². The number of hydrogen-bond donors (Lipinski definition) is 1. The molecule has 0 aliphatic rings. The zero-order chi connectivity index (χ0) is 12.3. The summed E-state index contributed by atoms with van der Waals surface area (Å²) in [5.41, 5.74) is 1.33. The first kappa shape index (κ1) is 11.7. The molecule has 0 aliphatic heterocycles. The van der Waals surface area contributed by atoms with E-state index in [9.17, 15) is 4.79 Å². The molecule has 2 aromatic rings. The molecule has 0 fully saturated rings. The lowest BCUT2D eigenvalue weighted by Crippen LogP contribution is -2.22. The molecule has 1 N–H and O–H groups in total. The predicted octanol–water partition coefficient (Wildman–Crippen LogP) is 3.35. The fraction of sp³-hybridized carbons (Fsp3) is 0.154. The molecule has 0 aliphatic carbocycles. The van der Waals surface area contributed by atoms with Gasteiger partial charge in [0, 0.05) is 12.1 Å². The van der Waals surface area contributed by atoms with E-state index in [1.807, 2.05) is 19.1 Å². The number of carbonyl (C=O) groups excluding carboxylic acids is 1. The van der Waals surface area contributed by atoms with Crippen molar-refractivity contribution in [1.29, 1.82) is 0 Å².